The predicted octanol–water partition coefficient (Wildman–Crippen LogP) is 2.05. The molecule has 0 amide bonds. The van der Waals surface area contributed by atoms with Crippen LogP contribution in [0.3, 0.4) is 0 Å². The second-order valence-corrected chi connectivity index (χ2v) is 3.11. The second-order valence-electron chi connectivity index (χ2n) is 3.11. The average Bonchev–Trinajstić information content (AvgIpc) is 2.27. The number of nitrogens with zero attached hydrogens (tertiary/aromatic N) is 1. The highest BCUT2D eigenvalue weighted by atomic mass is 16.6. The molecular weight excluding hydrogens is 198 g/mol. The van der Waals surface area contributed by atoms with Gasteiger partial charge in [0.1, 0.15) is 5.75 Å². The Bertz CT molecular complexity index is 364. The summed E-state index contributed by atoms with van der Waals surface area (Å²) in [6.07, 6.45) is -0.253. The molecule has 0 saturated heterocycles. The van der Waals surface area contributed by atoms with Crippen LogP contribution >= 0.6 is 0 Å². The number of non-ortho nitro benzene ring substituents is 1. The van der Waals surface area contributed by atoms with Gasteiger partial charge in [0.25, 0.3) is 5.69 Å². The Kier molecular flexibility index (Phi) is 3.62. The van der Waals surface area contributed by atoms with Crippen LogP contribution in [-0.2, 0) is 0 Å². The first-order valence-electron chi connectivity index (χ1n) is 4.60. The number of ether oxygens (including phenoxy) is 1. The van der Waals surface area contributed by atoms with Gasteiger partial charge in [0.2, 0.25) is 0 Å². The molecule has 1 unspecified atom stereocenters. The molecule has 0 spiro atoms. The molecule has 0 aliphatic heterocycles. The molecule has 0 bridgehead atoms. The van der Waals surface area contributed by atoms with E-state index in [-0.39, 0.29) is 5.69 Å². The summed E-state index contributed by atoms with van der Waals surface area (Å²) in [5.74, 6) is 0.468. The van der Waals surface area contributed by atoms with Gasteiger partial charge in [-0.2, -0.15) is 0 Å². The highest BCUT2D eigenvalue weighted by Gasteiger charge is 2.16. The Morgan fingerprint density at radius 3 is 2.73 bits per heavy atom. The van der Waals surface area contributed by atoms with Crippen molar-refractivity contribution in [2.24, 2.45) is 0 Å². The Morgan fingerprint density at radius 1 is 1.60 bits per heavy atom. The first-order chi connectivity index (χ1) is 7.10. The molecular formula is C10H13NO4. The van der Waals surface area contributed by atoms with Crippen LogP contribution in [0.15, 0.2) is 18.2 Å². The zero-order valence-electron chi connectivity index (χ0n) is 8.64. The largest absolute Gasteiger partial charge is 0.496 e. The fourth-order valence-corrected chi connectivity index (χ4v) is 1.32. The molecule has 1 N–H and O–H groups in total. The van der Waals surface area contributed by atoms with Gasteiger partial charge in [0, 0.05) is 17.7 Å². The number of methoxy groups -OCH3 is 1. The first-order valence-corrected chi connectivity index (χ1v) is 4.60. The van der Waals surface area contributed by atoms with E-state index in [2.05, 4.69) is 0 Å². The summed E-state index contributed by atoms with van der Waals surface area (Å²) in [5, 5.41) is 20.2. The summed E-state index contributed by atoms with van der Waals surface area (Å²) in [6, 6.07) is 4.18. The Labute approximate surface area is 87.5 Å². The Hall–Kier alpha value is -1.62. The Morgan fingerprint density at radius 2 is 2.27 bits per heavy atom. The second kappa shape index (κ2) is 4.75. The van der Waals surface area contributed by atoms with Crippen molar-refractivity contribution >= 4 is 5.69 Å². The molecule has 15 heavy (non-hydrogen) atoms. The van der Waals surface area contributed by atoms with Gasteiger partial charge in [0.15, 0.2) is 0 Å². The van der Waals surface area contributed by atoms with Gasteiger partial charge in [-0.15, -0.1) is 0 Å². The number of aliphatic hydroxyl groups excluding tert-OH is 1. The van der Waals surface area contributed by atoms with Crippen LogP contribution < -0.4 is 4.74 Å². The van der Waals surface area contributed by atoms with E-state index < -0.39 is 11.0 Å². The van der Waals surface area contributed by atoms with Gasteiger partial charge in [0.05, 0.1) is 18.1 Å². The lowest BCUT2D eigenvalue weighted by atomic mass is 10.1. The minimum absolute atomic E-state index is 0.0432. The van der Waals surface area contributed by atoms with Gasteiger partial charge in [-0.05, 0) is 12.5 Å². The predicted molar refractivity (Wildman–Crippen MR) is 54.9 cm³/mol. The Balaban J connectivity index is 3.18. The maximum atomic E-state index is 10.5. The minimum Gasteiger partial charge on any atom is -0.496 e. The summed E-state index contributed by atoms with van der Waals surface area (Å²) in [4.78, 5) is 10.1. The van der Waals surface area contributed by atoms with Crippen LogP contribution in [0.1, 0.15) is 25.0 Å². The third-order valence-corrected chi connectivity index (χ3v) is 2.17. The molecule has 5 heteroatoms. The summed E-state index contributed by atoms with van der Waals surface area (Å²) >= 11 is 0. The molecule has 82 valence electrons. The molecule has 0 aliphatic rings. The van der Waals surface area contributed by atoms with Gasteiger partial charge in [-0.3, -0.25) is 10.1 Å². The molecule has 1 rings (SSSR count). The monoisotopic (exact) mass is 211 g/mol. The third-order valence-electron chi connectivity index (χ3n) is 2.17. The van der Waals surface area contributed by atoms with E-state index in [4.69, 9.17) is 4.74 Å². The third kappa shape index (κ3) is 2.44. The highest BCUT2D eigenvalue weighted by Crippen LogP contribution is 2.30. The smallest absolute Gasteiger partial charge is 0.270 e. The number of rotatable bonds is 4. The molecule has 0 fully saturated rings. The standard InChI is InChI=1S/C10H13NO4/c1-3-9(12)8-6-7(11(13)14)4-5-10(8)15-2/h4-6,9,12H,3H2,1-2H3. The molecule has 0 heterocycles. The van der Waals surface area contributed by atoms with E-state index in [9.17, 15) is 15.2 Å². The van der Waals surface area contributed by atoms with E-state index in [1.807, 2.05) is 0 Å². The van der Waals surface area contributed by atoms with Crippen LogP contribution in [-0.4, -0.2) is 17.1 Å². The van der Waals surface area contributed by atoms with Crippen molar-refractivity contribution in [3.8, 4) is 5.75 Å². The first kappa shape index (κ1) is 11.5. The maximum absolute atomic E-state index is 10.5. The minimum atomic E-state index is -0.736. The number of nitro groups is 1. The summed E-state index contributed by atoms with van der Waals surface area (Å²) < 4.78 is 5.02. The molecule has 5 nitrogen and oxygen atoms in total. The lowest BCUT2D eigenvalue weighted by Gasteiger charge is -2.12. The number of aliphatic hydroxyl groups is 1. The molecule has 0 aromatic heterocycles. The topological polar surface area (TPSA) is 72.6 Å². The van der Waals surface area contributed by atoms with Crippen molar-refractivity contribution in [3.63, 3.8) is 0 Å². The van der Waals surface area contributed by atoms with Crippen LogP contribution in [0, 0.1) is 10.1 Å². The van der Waals surface area contributed by atoms with Crippen molar-refractivity contribution in [1.82, 2.24) is 0 Å². The number of hydrogen-bond donors (Lipinski definition) is 1. The maximum Gasteiger partial charge on any atom is 0.270 e. The van der Waals surface area contributed by atoms with Gasteiger partial charge in [-0.25, -0.2) is 0 Å². The quantitative estimate of drug-likeness (QED) is 0.611. The van der Waals surface area contributed by atoms with Crippen LogP contribution in [0.5, 0.6) is 5.75 Å². The van der Waals surface area contributed by atoms with E-state index in [0.717, 1.165) is 0 Å². The van der Waals surface area contributed by atoms with E-state index >= 15 is 0 Å². The number of hydrogen-bond acceptors (Lipinski definition) is 4. The van der Waals surface area contributed by atoms with Crippen LogP contribution in [0.25, 0.3) is 0 Å². The van der Waals surface area contributed by atoms with Crippen molar-refractivity contribution in [3.05, 3.63) is 33.9 Å². The zero-order valence-corrected chi connectivity index (χ0v) is 8.64. The molecule has 1 aromatic rings. The average molecular weight is 211 g/mol. The van der Waals surface area contributed by atoms with Gasteiger partial charge in [-0.1, -0.05) is 6.92 Å². The molecule has 1 aromatic carbocycles. The number of nitro benzene ring substituents is 1. The fourth-order valence-electron chi connectivity index (χ4n) is 1.32. The number of benzene rings is 1. The van der Waals surface area contributed by atoms with Gasteiger partial charge < -0.3 is 9.84 Å². The SMILES string of the molecule is CCC(O)c1cc([N+](=O)[O-])ccc1OC. The summed E-state index contributed by atoms with van der Waals surface area (Å²) in [7, 11) is 1.47. The summed E-state index contributed by atoms with van der Waals surface area (Å²) in [6.45, 7) is 1.79. The van der Waals surface area contributed by atoms with Crippen molar-refractivity contribution in [2.45, 2.75) is 19.4 Å². The van der Waals surface area contributed by atoms with Crippen LogP contribution in [0.2, 0.25) is 0 Å². The highest BCUT2D eigenvalue weighted by molar-refractivity contribution is 5.44. The van der Waals surface area contributed by atoms with Gasteiger partial charge >= 0.3 is 0 Å². The van der Waals surface area contributed by atoms with E-state index in [1.54, 1.807) is 6.92 Å². The van der Waals surface area contributed by atoms with Crippen molar-refractivity contribution in [2.75, 3.05) is 7.11 Å². The fraction of sp³-hybridized carbons (Fsp3) is 0.400. The normalized spacial score (nSPS) is 12.2. The van der Waals surface area contributed by atoms with Crippen LogP contribution in [0.4, 0.5) is 5.69 Å². The lowest BCUT2D eigenvalue weighted by Crippen LogP contribution is -2.00. The molecule has 0 aliphatic carbocycles. The zero-order chi connectivity index (χ0) is 11.4. The molecule has 0 radical (unpaired) electrons. The molecule has 0 saturated carbocycles. The van der Waals surface area contributed by atoms with E-state index in [1.165, 1.54) is 25.3 Å². The molecule has 1 atom stereocenters. The lowest BCUT2D eigenvalue weighted by molar-refractivity contribution is -0.385. The van der Waals surface area contributed by atoms with Crippen molar-refractivity contribution in [1.29, 1.82) is 0 Å². The van der Waals surface area contributed by atoms with Crippen molar-refractivity contribution < 1.29 is 14.8 Å². The van der Waals surface area contributed by atoms with E-state index in [0.29, 0.717) is 17.7 Å². The summed E-state index contributed by atoms with van der Waals surface area (Å²) in [5.41, 5.74) is 0.410.